The van der Waals surface area contributed by atoms with Gasteiger partial charge in [0.25, 0.3) is 0 Å². The number of carbonyl (C=O) groups is 1. The molecule has 0 spiro atoms. The number of nitrogens with zero attached hydrogens (tertiary/aromatic N) is 1. The third-order valence-electron chi connectivity index (χ3n) is 4.77. The number of hydrogen-bond acceptors (Lipinski definition) is 3. The summed E-state index contributed by atoms with van der Waals surface area (Å²) in [7, 11) is 5.69. The van der Waals surface area contributed by atoms with Gasteiger partial charge in [0.15, 0.2) is 0 Å². The van der Waals surface area contributed by atoms with E-state index in [1.807, 2.05) is 38.4 Å². The second-order valence-corrected chi connectivity index (χ2v) is 6.98. The predicted molar refractivity (Wildman–Crippen MR) is 110 cm³/mol. The molecule has 2 rings (SSSR count). The lowest BCUT2D eigenvalue weighted by molar-refractivity contribution is 0.229. The van der Waals surface area contributed by atoms with E-state index in [4.69, 9.17) is 4.74 Å². The van der Waals surface area contributed by atoms with Crippen LogP contribution in [0.4, 0.5) is 4.79 Å². The number of likely N-dealkylation sites (N-methyl/N-ethyl adjacent to an activating group) is 1. The van der Waals surface area contributed by atoms with Crippen LogP contribution < -0.4 is 15.4 Å². The molecule has 2 N–H and O–H groups in total. The van der Waals surface area contributed by atoms with Crippen LogP contribution in [0.5, 0.6) is 5.75 Å². The molecule has 0 aliphatic carbocycles. The van der Waals surface area contributed by atoms with E-state index in [0.717, 1.165) is 17.7 Å². The van der Waals surface area contributed by atoms with Gasteiger partial charge in [-0.15, -0.1) is 0 Å². The van der Waals surface area contributed by atoms with E-state index in [9.17, 15) is 4.79 Å². The molecule has 146 valence electrons. The third kappa shape index (κ3) is 6.00. The van der Waals surface area contributed by atoms with Crippen molar-refractivity contribution in [3.63, 3.8) is 0 Å². The maximum atomic E-state index is 12.5. The largest absolute Gasteiger partial charge is 0.497 e. The molecule has 0 aromatic heterocycles. The minimum absolute atomic E-state index is 0.0342. The Balaban J connectivity index is 1.96. The Hall–Kier alpha value is -2.53. The zero-order chi connectivity index (χ0) is 19.8. The quantitative estimate of drug-likeness (QED) is 0.738. The molecule has 2 aromatic rings. The van der Waals surface area contributed by atoms with Crippen LogP contribution >= 0.6 is 0 Å². The number of urea groups is 1. The normalized spacial score (nSPS) is 13.1. The molecular formula is C22H31N3O2. The summed E-state index contributed by atoms with van der Waals surface area (Å²) in [6.45, 7) is 4.68. The maximum Gasteiger partial charge on any atom is 0.315 e. The van der Waals surface area contributed by atoms with Gasteiger partial charge in [0.1, 0.15) is 5.75 Å². The SMILES string of the molecule is CCC(NC(=O)NCC(c1ccc(C)cc1)N(C)C)c1ccc(OC)cc1. The van der Waals surface area contributed by atoms with Crippen molar-refractivity contribution in [3.05, 3.63) is 65.2 Å². The fourth-order valence-corrected chi connectivity index (χ4v) is 3.04. The number of amides is 2. The van der Waals surface area contributed by atoms with Gasteiger partial charge in [-0.3, -0.25) is 0 Å². The van der Waals surface area contributed by atoms with Gasteiger partial charge in [0.05, 0.1) is 19.2 Å². The number of nitrogens with one attached hydrogen (secondary N) is 2. The molecule has 0 radical (unpaired) electrons. The first-order chi connectivity index (χ1) is 12.9. The van der Waals surface area contributed by atoms with E-state index in [2.05, 4.69) is 53.6 Å². The molecule has 0 saturated carbocycles. The van der Waals surface area contributed by atoms with E-state index < -0.39 is 0 Å². The molecule has 2 aromatic carbocycles. The van der Waals surface area contributed by atoms with Crippen LogP contribution in [0.15, 0.2) is 48.5 Å². The Morgan fingerprint density at radius 2 is 1.63 bits per heavy atom. The molecule has 0 saturated heterocycles. The van der Waals surface area contributed by atoms with Crippen LogP contribution in [0.2, 0.25) is 0 Å². The van der Waals surface area contributed by atoms with Crippen LogP contribution in [0.25, 0.3) is 0 Å². The van der Waals surface area contributed by atoms with Crippen molar-refractivity contribution >= 4 is 6.03 Å². The van der Waals surface area contributed by atoms with Crippen molar-refractivity contribution in [2.75, 3.05) is 27.7 Å². The molecule has 0 bridgehead atoms. The van der Waals surface area contributed by atoms with Gasteiger partial charge in [-0.25, -0.2) is 4.79 Å². The zero-order valence-corrected chi connectivity index (χ0v) is 17.0. The van der Waals surface area contributed by atoms with Gasteiger partial charge in [0.2, 0.25) is 0 Å². The van der Waals surface area contributed by atoms with Crippen molar-refractivity contribution in [2.45, 2.75) is 32.4 Å². The Morgan fingerprint density at radius 1 is 1.04 bits per heavy atom. The molecule has 0 heterocycles. The summed E-state index contributed by atoms with van der Waals surface area (Å²) in [5.41, 5.74) is 3.48. The lowest BCUT2D eigenvalue weighted by Crippen LogP contribution is -2.41. The van der Waals surface area contributed by atoms with E-state index in [0.29, 0.717) is 6.54 Å². The summed E-state index contributed by atoms with van der Waals surface area (Å²) in [4.78, 5) is 14.6. The van der Waals surface area contributed by atoms with Gasteiger partial charge in [-0.1, -0.05) is 48.9 Å². The van der Waals surface area contributed by atoms with Crippen LogP contribution in [0.1, 0.15) is 42.1 Å². The summed E-state index contributed by atoms with van der Waals surface area (Å²) in [6.07, 6.45) is 0.814. The Bertz CT molecular complexity index is 711. The number of benzene rings is 2. The van der Waals surface area contributed by atoms with Gasteiger partial charge >= 0.3 is 6.03 Å². The molecular weight excluding hydrogens is 338 g/mol. The number of ether oxygens (including phenoxy) is 1. The highest BCUT2D eigenvalue weighted by atomic mass is 16.5. The molecule has 2 unspecified atom stereocenters. The molecule has 0 aliphatic rings. The first kappa shape index (κ1) is 20.8. The molecule has 0 aliphatic heterocycles. The highest BCUT2D eigenvalue weighted by Crippen LogP contribution is 2.20. The third-order valence-corrected chi connectivity index (χ3v) is 4.77. The molecule has 2 atom stereocenters. The number of aryl methyl sites for hydroxylation is 1. The maximum absolute atomic E-state index is 12.5. The van der Waals surface area contributed by atoms with Crippen molar-refractivity contribution in [2.24, 2.45) is 0 Å². The minimum atomic E-state index is -0.156. The molecule has 5 nitrogen and oxygen atoms in total. The monoisotopic (exact) mass is 369 g/mol. The molecule has 0 fully saturated rings. The lowest BCUT2D eigenvalue weighted by atomic mass is 10.0. The van der Waals surface area contributed by atoms with Crippen molar-refractivity contribution in [1.29, 1.82) is 0 Å². The van der Waals surface area contributed by atoms with Crippen LogP contribution in [-0.2, 0) is 0 Å². The number of carbonyl (C=O) groups excluding carboxylic acids is 1. The topological polar surface area (TPSA) is 53.6 Å². The smallest absolute Gasteiger partial charge is 0.315 e. The van der Waals surface area contributed by atoms with E-state index >= 15 is 0 Å². The van der Waals surface area contributed by atoms with Crippen molar-refractivity contribution in [3.8, 4) is 5.75 Å². The Morgan fingerprint density at radius 3 is 2.15 bits per heavy atom. The second kappa shape index (κ2) is 9.97. The van der Waals surface area contributed by atoms with Gasteiger partial charge < -0.3 is 20.3 Å². The summed E-state index contributed by atoms with van der Waals surface area (Å²) < 4.78 is 5.20. The first-order valence-corrected chi connectivity index (χ1v) is 9.36. The number of hydrogen-bond donors (Lipinski definition) is 2. The highest BCUT2D eigenvalue weighted by molar-refractivity contribution is 5.74. The number of rotatable bonds is 8. The van der Waals surface area contributed by atoms with E-state index in [1.165, 1.54) is 11.1 Å². The Kier molecular flexibility index (Phi) is 7.67. The minimum Gasteiger partial charge on any atom is -0.497 e. The zero-order valence-electron chi connectivity index (χ0n) is 17.0. The molecule has 27 heavy (non-hydrogen) atoms. The van der Waals surface area contributed by atoms with Gasteiger partial charge in [-0.2, -0.15) is 0 Å². The van der Waals surface area contributed by atoms with Crippen LogP contribution in [-0.4, -0.2) is 38.7 Å². The molecule has 5 heteroatoms. The number of methoxy groups -OCH3 is 1. The van der Waals surface area contributed by atoms with E-state index in [1.54, 1.807) is 7.11 Å². The summed E-state index contributed by atoms with van der Waals surface area (Å²) in [6, 6.07) is 16.2. The highest BCUT2D eigenvalue weighted by Gasteiger charge is 2.17. The first-order valence-electron chi connectivity index (χ1n) is 9.36. The van der Waals surface area contributed by atoms with Gasteiger partial charge in [-0.05, 0) is 50.7 Å². The van der Waals surface area contributed by atoms with E-state index in [-0.39, 0.29) is 18.1 Å². The van der Waals surface area contributed by atoms with Crippen LogP contribution in [0.3, 0.4) is 0 Å². The average Bonchev–Trinajstić information content (AvgIpc) is 2.67. The standard InChI is InChI=1S/C22H31N3O2/c1-6-20(17-11-13-19(27-5)14-12-17)24-22(26)23-15-21(25(3)4)18-9-7-16(2)8-10-18/h7-14,20-21H,6,15H2,1-5H3,(H2,23,24,26). The summed E-state index contributed by atoms with van der Waals surface area (Å²) >= 11 is 0. The predicted octanol–water partition coefficient (Wildman–Crippen LogP) is 4.06. The lowest BCUT2D eigenvalue weighted by Gasteiger charge is -2.26. The summed E-state index contributed by atoms with van der Waals surface area (Å²) in [5.74, 6) is 0.810. The summed E-state index contributed by atoms with van der Waals surface area (Å²) in [5, 5.41) is 6.08. The second-order valence-electron chi connectivity index (χ2n) is 6.98. The fraction of sp³-hybridized carbons (Fsp3) is 0.409. The Labute approximate surface area is 162 Å². The van der Waals surface area contributed by atoms with Crippen molar-refractivity contribution in [1.82, 2.24) is 15.5 Å². The van der Waals surface area contributed by atoms with Crippen LogP contribution in [0, 0.1) is 6.92 Å². The average molecular weight is 370 g/mol. The van der Waals surface area contributed by atoms with Gasteiger partial charge in [0, 0.05) is 6.54 Å². The fourth-order valence-electron chi connectivity index (χ4n) is 3.04. The molecule has 2 amide bonds. The van der Waals surface area contributed by atoms with Crippen molar-refractivity contribution < 1.29 is 9.53 Å².